The first-order chi connectivity index (χ1) is 17.1. The zero-order chi connectivity index (χ0) is 24.2. The Kier molecular flexibility index (Phi) is 6.40. The third-order valence-corrected chi connectivity index (χ3v) is 5.94. The molecule has 3 heterocycles. The Hall–Kier alpha value is -4.24. The Balaban J connectivity index is 1.35. The first-order valence-corrected chi connectivity index (χ1v) is 11.4. The second kappa shape index (κ2) is 9.94. The Labute approximate surface area is 203 Å². The van der Waals surface area contributed by atoms with Crippen molar-refractivity contribution in [1.82, 2.24) is 20.0 Å². The zero-order valence-electron chi connectivity index (χ0n) is 19.6. The van der Waals surface area contributed by atoms with E-state index in [9.17, 15) is 4.79 Å². The highest BCUT2D eigenvalue weighted by atomic mass is 16.5. The molecular formula is C26H26N6O3. The van der Waals surface area contributed by atoms with E-state index in [1.165, 1.54) is 0 Å². The summed E-state index contributed by atoms with van der Waals surface area (Å²) in [4.78, 5) is 19.4. The van der Waals surface area contributed by atoms with E-state index in [1.807, 2.05) is 61.7 Å². The number of nitrogens with one attached hydrogen (secondary N) is 1. The highest BCUT2D eigenvalue weighted by Crippen LogP contribution is 2.24. The molecule has 4 aromatic rings. The van der Waals surface area contributed by atoms with Crippen LogP contribution in [-0.4, -0.2) is 59.3 Å². The summed E-state index contributed by atoms with van der Waals surface area (Å²) in [5.41, 5.74) is 5.59. The van der Waals surface area contributed by atoms with Gasteiger partial charge in [-0.3, -0.25) is 9.78 Å². The van der Waals surface area contributed by atoms with E-state index < -0.39 is 0 Å². The molecule has 0 atom stereocenters. The molecule has 1 aliphatic rings. The van der Waals surface area contributed by atoms with E-state index in [-0.39, 0.29) is 5.91 Å². The van der Waals surface area contributed by atoms with Gasteiger partial charge < -0.3 is 19.7 Å². The van der Waals surface area contributed by atoms with Crippen LogP contribution in [-0.2, 0) is 4.74 Å². The summed E-state index contributed by atoms with van der Waals surface area (Å²) >= 11 is 0. The highest BCUT2D eigenvalue weighted by molar-refractivity contribution is 6.05. The summed E-state index contributed by atoms with van der Waals surface area (Å²) in [5, 5.41) is 11.6. The number of hydrogen-bond donors (Lipinski definition) is 1. The number of nitrogens with zero attached hydrogens (tertiary/aromatic N) is 5. The fourth-order valence-corrected chi connectivity index (χ4v) is 3.99. The number of anilines is 2. The number of carbonyl (C=O) groups excluding carboxylic acids is 1. The summed E-state index contributed by atoms with van der Waals surface area (Å²) in [6, 6.07) is 15.2. The molecule has 9 nitrogen and oxygen atoms in total. The molecule has 9 heteroatoms. The molecule has 178 valence electrons. The summed E-state index contributed by atoms with van der Waals surface area (Å²) in [6.45, 7) is 5.01. The van der Waals surface area contributed by atoms with E-state index in [0.29, 0.717) is 35.9 Å². The lowest BCUT2D eigenvalue weighted by Crippen LogP contribution is -2.36. The lowest BCUT2D eigenvalue weighted by atomic mass is 10.1. The van der Waals surface area contributed by atoms with Crippen LogP contribution in [0.5, 0.6) is 5.75 Å². The molecule has 1 aliphatic heterocycles. The number of carbonyl (C=O) groups is 1. The number of aromatic nitrogens is 4. The fourth-order valence-electron chi connectivity index (χ4n) is 3.99. The van der Waals surface area contributed by atoms with Crippen molar-refractivity contribution in [3.05, 3.63) is 78.2 Å². The van der Waals surface area contributed by atoms with Crippen LogP contribution in [0.2, 0.25) is 0 Å². The van der Waals surface area contributed by atoms with Crippen LogP contribution < -0.4 is 15.0 Å². The normalized spacial score (nSPS) is 13.5. The molecule has 0 spiro atoms. The summed E-state index contributed by atoms with van der Waals surface area (Å²) in [6.07, 6.45) is 5.18. The fraction of sp³-hybridized carbons (Fsp3) is 0.231. The van der Waals surface area contributed by atoms with Crippen LogP contribution in [0.1, 0.15) is 15.9 Å². The van der Waals surface area contributed by atoms with E-state index in [1.54, 1.807) is 24.2 Å². The quantitative estimate of drug-likeness (QED) is 0.459. The molecule has 1 saturated heterocycles. The minimum atomic E-state index is -0.170. The minimum absolute atomic E-state index is 0.170. The lowest BCUT2D eigenvalue weighted by Gasteiger charge is -2.29. The highest BCUT2D eigenvalue weighted by Gasteiger charge is 2.15. The van der Waals surface area contributed by atoms with Gasteiger partial charge in [0.05, 0.1) is 38.4 Å². The number of benzene rings is 2. The van der Waals surface area contributed by atoms with Gasteiger partial charge in [0.1, 0.15) is 11.4 Å². The predicted molar refractivity (Wildman–Crippen MR) is 133 cm³/mol. The maximum absolute atomic E-state index is 13.0. The van der Waals surface area contributed by atoms with Gasteiger partial charge in [0.2, 0.25) is 0 Å². The van der Waals surface area contributed by atoms with E-state index in [4.69, 9.17) is 9.47 Å². The Morgan fingerprint density at radius 3 is 2.77 bits per heavy atom. The van der Waals surface area contributed by atoms with Crippen LogP contribution in [0.25, 0.3) is 16.9 Å². The maximum Gasteiger partial charge on any atom is 0.255 e. The summed E-state index contributed by atoms with van der Waals surface area (Å²) in [7, 11) is 1.60. The van der Waals surface area contributed by atoms with Gasteiger partial charge in [-0.05, 0) is 48.9 Å². The molecule has 1 fully saturated rings. The number of rotatable bonds is 6. The maximum atomic E-state index is 13.0. The van der Waals surface area contributed by atoms with Gasteiger partial charge in [0, 0.05) is 41.8 Å². The SMILES string of the molecule is COc1cncc(-c2cn(-c3cc(NC(=O)c4cccc(N5CCOCC5)c4)ccc3C)nn2)c1. The van der Waals surface area contributed by atoms with Gasteiger partial charge in [-0.2, -0.15) is 0 Å². The van der Waals surface area contributed by atoms with Crippen LogP contribution >= 0.6 is 0 Å². The summed E-state index contributed by atoms with van der Waals surface area (Å²) in [5.74, 6) is 0.479. The Morgan fingerprint density at radius 2 is 1.94 bits per heavy atom. The van der Waals surface area contributed by atoms with Gasteiger partial charge in [-0.1, -0.05) is 17.3 Å². The third-order valence-electron chi connectivity index (χ3n) is 5.94. The zero-order valence-corrected chi connectivity index (χ0v) is 19.6. The number of pyridine rings is 1. The Bertz CT molecular complexity index is 1350. The number of aryl methyl sites for hydroxylation is 1. The molecule has 1 amide bonds. The largest absolute Gasteiger partial charge is 0.495 e. The molecule has 0 unspecified atom stereocenters. The van der Waals surface area contributed by atoms with Crippen molar-refractivity contribution in [1.29, 1.82) is 0 Å². The molecule has 0 aliphatic carbocycles. The van der Waals surface area contributed by atoms with Crippen molar-refractivity contribution in [2.75, 3.05) is 43.6 Å². The van der Waals surface area contributed by atoms with Crippen molar-refractivity contribution in [2.24, 2.45) is 0 Å². The molecule has 35 heavy (non-hydrogen) atoms. The van der Waals surface area contributed by atoms with Gasteiger partial charge in [-0.25, -0.2) is 4.68 Å². The lowest BCUT2D eigenvalue weighted by molar-refractivity contribution is 0.102. The van der Waals surface area contributed by atoms with Crippen molar-refractivity contribution in [2.45, 2.75) is 6.92 Å². The number of morpholine rings is 1. The van der Waals surface area contributed by atoms with E-state index in [0.717, 1.165) is 35.6 Å². The molecular weight excluding hydrogens is 444 g/mol. The van der Waals surface area contributed by atoms with Crippen LogP contribution in [0.15, 0.2) is 67.1 Å². The van der Waals surface area contributed by atoms with Crippen LogP contribution in [0.3, 0.4) is 0 Å². The first kappa shape index (κ1) is 22.5. The van der Waals surface area contributed by atoms with Gasteiger partial charge in [0.25, 0.3) is 5.91 Å². The minimum Gasteiger partial charge on any atom is -0.495 e. The second-order valence-corrected chi connectivity index (χ2v) is 8.27. The second-order valence-electron chi connectivity index (χ2n) is 8.27. The molecule has 1 N–H and O–H groups in total. The van der Waals surface area contributed by atoms with E-state index in [2.05, 4.69) is 25.5 Å². The van der Waals surface area contributed by atoms with Crippen molar-refractivity contribution in [3.8, 4) is 22.7 Å². The molecule has 2 aromatic carbocycles. The predicted octanol–water partition coefficient (Wildman–Crippen LogP) is 3.74. The van der Waals surface area contributed by atoms with Crippen molar-refractivity contribution >= 4 is 17.3 Å². The van der Waals surface area contributed by atoms with Gasteiger partial charge in [0.15, 0.2) is 0 Å². The number of methoxy groups -OCH3 is 1. The van der Waals surface area contributed by atoms with Crippen molar-refractivity contribution in [3.63, 3.8) is 0 Å². The van der Waals surface area contributed by atoms with Crippen LogP contribution in [0, 0.1) is 6.92 Å². The third kappa shape index (κ3) is 4.99. The van der Waals surface area contributed by atoms with Gasteiger partial charge >= 0.3 is 0 Å². The number of amides is 1. The summed E-state index contributed by atoms with van der Waals surface area (Å²) < 4.78 is 12.4. The van der Waals surface area contributed by atoms with E-state index >= 15 is 0 Å². The molecule has 2 aromatic heterocycles. The number of ether oxygens (including phenoxy) is 2. The monoisotopic (exact) mass is 470 g/mol. The average molecular weight is 471 g/mol. The average Bonchev–Trinajstić information content (AvgIpc) is 3.40. The Morgan fingerprint density at radius 1 is 1.09 bits per heavy atom. The van der Waals surface area contributed by atoms with Gasteiger partial charge in [-0.15, -0.1) is 5.10 Å². The topological polar surface area (TPSA) is 94.4 Å². The molecule has 0 bridgehead atoms. The molecule has 0 saturated carbocycles. The standard InChI is InChI=1S/C26H26N6O3/c1-18-6-7-21(28-26(33)19-4-3-5-22(12-19)31-8-10-35-11-9-31)14-25(18)32-17-24(29-30-32)20-13-23(34-2)16-27-15-20/h3-7,12-17H,8-11H2,1-2H3,(H,28,33). The van der Waals surface area contributed by atoms with Crippen LogP contribution in [0.4, 0.5) is 11.4 Å². The smallest absolute Gasteiger partial charge is 0.255 e. The van der Waals surface area contributed by atoms with Crippen molar-refractivity contribution < 1.29 is 14.3 Å². The molecule has 5 rings (SSSR count). The number of hydrogen-bond acceptors (Lipinski definition) is 7. The first-order valence-electron chi connectivity index (χ1n) is 11.4. The molecule has 0 radical (unpaired) electrons.